The van der Waals surface area contributed by atoms with E-state index >= 15 is 0 Å². The largest absolute Gasteiger partial charge is 0.446 e. The Morgan fingerprint density at radius 1 is 1.17 bits per heavy atom. The van der Waals surface area contributed by atoms with Crippen LogP contribution in [0, 0.1) is 5.82 Å². The Balaban J connectivity index is 1.35. The third-order valence-corrected chi connectivity index (χ3v) is 7.32. The molecule has 6 nitrogen and oxygen atoms in total. The number of rotatable bonds is 5. The Labute approximate surface area is 207 Å². The van der Waals surface area contributed by atoms with Crippen molar-refractivity contribution in [3.05, 3.63) is 92.9 Å². The van der Waals surface area contributed by atoms with Gasteiger partial charge in [-0.1, -0.05) is 24.3 Å². The third-order valence-electron chi connectivity index (χ3n) is 6.60. The van der Waals surface area contributed by atoms with Crippen molar-refractivity contribution in [1.29, 1.82) is 0 Å². The van der Waals surface area contributed by atoms with Crippen LogP contribution in [0.3, 0.4) is 0 Å². The minimum Gasteiger partial charge on any atom is -0.378 e. The number of hydrogen-bond acceptors (Lipinski definition) is 5. The number of carbonyl (C=O) groups is 1. The second-order valence-corrected chi connectivity index (χ2v) is 10.1. The summed E-state index contributed by atoms with van der Waals surface area (Å²) in [5.74, 6) is -0.610. The standard InChI is InChI=1S/C25H21F4N3O3S/c26-16-5-2-4-15(12-16)24(8-9-24)23-30-19-7-10-32(13-18(19)21(34)31-23)22(35)20(33)14-3-1-6-17(11-14)36-25(27,28)29/h1-6,11-12,20,33H,7-10,13H2,(H,30,31,34). The molecule has 0 saturated heterocycles. The molecule has 1 amide bonds. The van der Waals surface area contributed by atoms with Gasteiger partial charge in [-0.05, 0) is 60.0 Å². The number of carbonyl (C=O) groups excluding carboxylic acids is 1. The second-order valence-electron chi connectivity index (χ2n) is 8.96. The van der Waals surface area contributed by atoms with Crippen LogP contribution in [0.5, 0.6) is 0 Å². The third kappa shape index (κ3) is 4.77. The van der Waals surface area contributed by atoms with Crippen LogP contribution in [0.2, 0.25) is 0 Å². The summed E-state index contributed by atoms with van der Waals surface area (Å²) in [5, 5.41) is 10.6. The van der Waals surface area contributed by atoms with E-state index in [0.717, 1.165) is 24.5 Å². The van der Waals surface area contributed by atoms with Gasteiger partial charge in [0.1, 0.15) is 11.6 Å². The highest BCUT2D eigenvalue weighted by molar-refractivity contribution is 8.00. The van der Waals surface area contributed by atoms with E-state index in [4.69, 9.17) is 0 Å². The summed E-state index contributed by atoms with van der Waals surface area (Å²) in [7, 11) is 0. The van der Waals surface area contributed by atoms with Crippen molar-refractivity contribution < 1.29 is 27.5 Å². The number of fused-ring (bicyclic) bond motifs is 1. The van der Waals surface area contributed by atoms with E-state index in [0.29, 0.717) is 17.1 Å². The van der Waals surface area contributed by atoms with Crippen molar-refractivity contribution in [3.8, 4) is 0 Å². The van der Waals surface area contributed by atoms with Crippen molar-refractivity contribution in [1.82, 2.24) is 14.9 Å². The van der Waals surface area contributed by atoms with Gasteiger partial charge in [0.2, 0.25) is 0 Å². The van der Waals surface area contributed by atoms with Gasteiger partial charge in [-0.3, -0.25) is 9.59 Å². The lowest BCUT2D eigenvalue weighted by atomic mass is 9.94. The summed E-state index contributed by atoms with van der Waals surface area (Å²) >= 11 is -0.331. The Hall–Kier alpha value is -3.18. The fraction of sp³-hybridized carbons (Fsp3) is 0.320. The summed E-state index contributed by atoms with van der Waals surface area (Å²) in [6.07, 6.45) is 0.0456. The number of nitrogens with one attached hydrogen (secondary N) is 1. The number of nitrogens with zero attached hydrogens (tertiary/aromatic N) is 2. The number of amides is 1. The Morgan fingerprint density at radius 3 is 2.61 bits per heavy atom. The number of benzene rings is 2. The second kappa shape index (κ2) is 9.04. The number of alkyl halides is 3. The van der Waals surface area contributed by atoms with Crippen molar-refractivity contribution >= 4 is 17.7 Å². The predicted octanol–water partition coefficient (Wildman–Crippen LogP) is 4.22. The molecule has 36 heavy (non-hydrogen) atoms. The van der Waals surface area contributed by atoms with Crippen LogP contribution in [0.4, 0.5) is 17.6 Å². The number of hydrogen-bond donors (Lipinski definition) is 2. The van der Waals surface area contributed by atoms with Gasteiger partial charge in [0.15, 0.2) is 6.10 Å². The number of aromatic amines is 1. The highest BCUT2D eigenvalue weighted by atomic mass is 32.2. The maximum absolute atomic E-state index is 13.8. The van der Waals surface area contributed by atoms with Crippen LogP contribution >= 0.6 is 11.8 Å². The Morgan fingerprint density at radius 2 is 1.92 bits per heavy atom. The molecular weight excluding hydrogens is 498 g/mol. The molecule has 2 aromatic carbocycles. The molecule has 2 N–H and O–H groups in total. The van der Waals surface area contributed by atoms with E-state index in [1.165, 1.54) is 35.2 Å². The van der Waals surface area contributed by atoms with Gasteiger partial charge in [0, 0.05) is 17.9 Å². The van der Waals surface area contributed by atoms with Crippen LogP contribution < -0.4 is 5.56 Å². The highest BCUT2D eigenvalue weighted by Crippen LogP contribution is 2.52. The maximum atomic E-state index is 13.8. The van der Waals surface area contributed by atoms with E-state index in [-0.39, 0.29) is 47.5 Å². The monoisotopic (exact) mass is 519 g/mol. The zero-order valence-electron chi connectivity index (χ0n) is 18.8. The number of aromatic nitrogens is 2. The first-order valence-electron chi connectivity index (χ1n) is 11.3. The minimum absolute atomic E-state index is 0.0354. The molecule has 11 heteroatoms. The molecule has 1 atom stereocenters. The molecule has 1 aliphatic carbocycles. The van der Waals surface area contributed by atoms with Gasteiger partial charge < -0.3 is 15.0 Å². The summed E-state index contributed by atoms with van der Waals surface area (Å²) in [5.41, 5.74) is -3.84. The van der Waals surface area contributed by atoms with Crippen molar-refractivity contribution in [3.63, 3.8) is 0 Å². The van der Waals surface area contributed by atoms with Gasteiger partial charge in [-0.25, -0.2) is 9.37 Å². The number of H-pyrrole nitrogens is 1. The summed E-state index contributed by atoms with van der Waals surface area (Å²) in [6, 6.07) is 11.3. The smallest absolute Gasteiger partial charge is 0.378 e. The molecule has 0 radical (unpaired) electrons. The van der Waals surface area contributed by atoms with Crippen molar-refractivity contribution in [2.24, 2.45) is 0 Å². The summed E-state index contributed by atoms with van der Waals surface area (Å²) in [4.78, 5) is 34.5. The number of aliphatic hydroxyl groups is 1. The van der Waals surface area contributed by atoms with Crippen molar-refractivity contribution in [2.45, 2.75) is 47.7 Å². The van der Waals surface area contributed by atoms with E-state index in [9.17, 15) is 32.3 Å². The molecule has 1 aliphatic heterocycles. The Kier molecular flexibility index (Phi) is 6.16. The first-order chi connectivity index (χ1) is 17.1. The van der Waals surface area contributed by atoms with Gasteiger partial charge in [-0.2, -0.15) is 13.2 Å². The summed E-state index contributed by atoms with van der Waals surface area (Å²) < 4.78 is 51.9. The molecule has 1 unspecified atom stereocenters. The number of aliphatic hydroxyl groups excluding tert-OH is 1. The van der Waals surface area contributed by atoms with Crippen molar-refractivity contribution in [2.75, 3.05) is 6.54 Å². The fourth-order valence-electron chi connectivity index (χ4n) is 4.61. The first-order valence-corrected chi connectivity index (χ1v) is 12.1. The van der Waals surface area contributed by atoms with Gasteiger partial charge in [0.25, 0.3) is 11.5 Å². The molecule has 0 bridgehead atoms. The average molecular weight is 520 g/mol. The van der Waals surface area contributed by atoms with Gasteiger partial charge in [0.05, 0.1) is 23.2 Å². The van der Waals surface area contributed by atoms with E-state index in [1.807, 2.05) is 0 Å². The topological polar surface area (TPSA) is 86.3 Å². The van der Waals surface area contributed by atoms with E-state index < -0.39 is 28.5 Å². The van der Waals surface area contributed by atoms with Crippen LogP contribution in [0.25, 0.3) is 0 Å². The molecule has 1 saturated carbocycles. The van der Waals surface area contributed by atoms with Gasteiger partial charge >= 0.3 is 5.51 Å². The number of thioether (sulfide) groups is 1. The van der Waals surface area contributed by atoms with Crippen LogP contribution in [0.15, 0.2) is 58.2 Å². The number of halogens is 4. The zero-order chi connectivity index (χ0) is 25.7. The molecule has 0 spiro atoms. The first kappa shape index (κ1) is 24.5. The molecule has 5 rings (SSSR count). The SMILES string of the molecule is O=C(C(O)c1cccc(SC(F)(F)F)c1)N1CCc2nc(C3(c4cccc(F)c4)CC3)[nH]c(=O)c2C1. The zero-order valence-corrected chi connectivity index (χ0v) is 19.6. The lowest BCUT2D eigenvalue weighted by Gasteiger charge is -2.30. The predicted molar refractivity (Wildman–Crippen MR) is 124 cm³/mol. The lowest BCUT2D eigenvalue weighted by Crippen LogP contribution is -2.42. The molecule has 2 heterocycles. The Bertz CT molecular complexity index is 1390. The van der Waals surface area contributed by atoms with E-state index in [1.54, 1.807) is 12.1 Å². The summed E-state index contributed by atoms with van der Waals surface area (Å²) in [6.45, 7) is 0.0978. The van der Waals surface area contributed by atoms with Crippen LogP contribution in [-0.4, -0.2) is 37.9 Å². The molecular formula is C25H21F4N3O3S. The molecule has 1 aromatic heterocycles. The van der Waals surface area contributed by atoms with E-state index in [2.05, 4.69) is 9.97 Å². The lowest BCUT2D eigenvalue weighted by molar-refractivity contribution is -0.141. The minimum atomic E-state index is -4.50. The van der Waals surface area contributed by atoms with Crippen LogP contribution in [-0.2, 0) is 23.2 Å². The normalized spacial score (nSPS) is 17.4. The highest BCUT2D eigenvalue weighted by Gasteiger charge is 2.49. The quantitative estimate of drug-likeness (QED) is 0.390. The molecule has 188 valence electrons. The fourth-order valence-corrected chi connectivity index (χ4v) is 5.22. The molecule has 3 aromatic rings. The van der Waals surface area contributed by atoms with Gasteiger partial charge in [-0.15, -0.1) is 0 Å². The molecule has 1 fully saturated rings. The van der Waals surface area contributed by atoms with Crippen LogP contribution in [0.1, 0.15) is 47.2 Å². The average Bonchev–Trinajstić information content (AvgIpc) is 3.64. The maximum Gasteiger partial charge on any atom is 0.446 e. The molecule has 2 aliphatic rings.